The largest absolute Gasteiger partial charge is 0.507 e. The Hall–Kier alpha value is -1.26. The first-order chi connectivity index (χ1) is 7.41. The van der Waals surface area contributed by atoms with Crippen LogP contribution < -0.4 is 5.73 Å². The molecule has 0 aliphatic heterocycles. The van der Waals surface area contributed by atoms with Crippen molar-refractivity contribution in [3.8, 4) is 5.75 Å². The van der Waals surface area contributed by atoms with Gasteiger partial charge in [0.2, 0.25) is 0 Å². The molecular formula is C11H14ClNO3. The van der Waals surface area contributed by atoms with Crippen LogP contribution in [0.2, 0.25) is 5.02 Å². The Labute approximate surface area is 98.6 Å². The molecule has 4 nitrogen and oxygen atoms in total. The van der Waals surface area contributed by atoms with Gasteiger partial charge in [-0.3, -0.25) is 4.79 Å². The summed E-state index contributed by atoms with van der Waals surface area (Å²) in [6.07, 6.45) is 0.231. The third kappa shape index (κ3) is 3.12. The van der Waals surface area contributed by atoms with Crippen molar-refractivity contribution < 1.29 is 15.0 Å². The molecule has 0 radical (unpaired) electrons. The van der Waals surface area contributed by atoms with Gasteiger partial charge >= 0.3 is 5.97 Å². The fourth-order valence-electron chi connectivity index (χ4n) is 1.48. The molecule has 0 bridgehead atoms. The smallest absolute Gasteiger partial charge is 0.303 e. The molecule has 88 valence electrons. The van der Waals surface area contributed by atoms with E-state index >= 15 is 0 Å². The van der Waals surface area contributed by atoms with E-state index in [-0.39, 0.29) is 18.6 Å². The Morgan fingerprint density at radius 3 is 2.75 bits per heavy atom. The zero-order chi connectivity index (χ0) is 12.3. The molecule has 1 unspecified atom stereocenters. The number of aliphatic carboxylic acids is 1. The lowest BCUT2D eigenvalue weighted by molar-refractivity contribution is -0.137. The lowest BCUT2D eigenvalue weighted by atomic mass is 9.99. The lowest BCUT2D eigenvalue weighted by Crippen LogP contribution is -2.12. The molecule has 1 atom stereocenters. The molecule has 0 saturated carbocycles. The SMILES string of the molecule is Cc1cc(Cl)cc(C(N)CCC(=O)O)c1O. The molecule has 0 amide bonds. The van der Waals surface area contributed by atoms with E-state index in [1.54, 1.807) is 19.1 Å². The number of hydrogen-bond acceptors (Lipinski definition) is 3. The molecule has 0 aliphatic carbocycles. The van der Waals surface area contributed by atoms with Gasteiger partial charge in [0.15, 0.2) is 0 Å². The van der Waals surface area contributed by atoms with Gasteiger partial charge in [-0.2, -0.15) is 0 Å². The van der Waals surface area contributed by atoms with Crippen LogP contribution in [0.5, 0.6) is 5.75 Å². The van der Waals surface area contributed by atoms with E-state index in [2.05, 4.69) is 0 Å². The van der Waals surface area contributed by atoms with Crippen molar-refractivity contribution in [2.45, 2.75) is 25.8 Å². The zero-order valence-electron chi connectivity index (χ0n) is 8.90. The minimum absolute atomic E-state index is 0.0355. The maximum atomic E-state index is 10.4. The molecule has 0 heterocycles. The molecule has 16 heavy (non-hydrogen) atoms. The van der Waals surface area contributed by atoms with Gasteiger partial charge in [-0.15, -0.1) is 0 Å². The number of aryl methyl sites for hydroxylation is 1. The average Bonchev–Trinajstić information content (AvgIpc) is 2.19. The van der Waals surface area contributed by atoms with Crippen molar-refractivity contribution in [2.24, 2.45) is 5.73 Å². The molecule has 0 fully saturated rings. The molecular weight excluding hydrogens is 230 g/mol. The highest BCUT2D eigenvalue weighted by Crippen LogP contribution is 2.31. The highest BCUT2D eigenvalue weighted by Gasteiger charge is 2.14. The zero-order valence-corrected chi connectivity index (χ0v) is 9.66. The summed E-state index contributed by atoms with van der Waals surface area (Å²) in [6.45, 7) is 1.72. The first-order valence-corrected chi connectivity index (χ1v) is 5.26. The maximum Gasteiger partial charge on any atom is 0.303 e. The molecule has 1 rings (SSSR count). The number of carboxylic acids is 1. The predicted molar refractivity (Wildman–Crippen MR) is 61.7 cm³/mol. The van der Waals surface area contributed by atoms with Gasteiger partial charge in [0.1, 0.15) is 5.75 Å². The normalized spacial score (nSPS) is 12.4. The van der Waals surface area contributed by atoms with Gasteiger partial charge in [0.25, 0.3) is 0 Å². The van der Waals surface area contributed by atoms with Crippen LogP contribution in [-0.2, 0) is 4.79 Å². The summed E-state index contributed by atoms with van der Waals surface area (Å²) in [6, 6.07) is 2.68. The van der Waals surface area contributed by atoms with E-state index < -0.39 is 12.0 Å². The number of carboxylic acid groups (broad SMARTS) is 1. The second-order valence-electron chi connectivity index (χ2n) is 3.70. The van der Waals surface area contributed by atoms with Crippen molar-refractivity contribution in [2.75, 3.05) is 0 Å². The summed E-state index contributed by atoms with van der Waals surface area (Å²) >= 11 is 5.85. The Morgan fingerprint density at radius 2 is 2.19 bits per heavy atom. The number of benzene rings is 1. The van der Waals surface area contributed by atoms with Crippen molar-refractivity contribution >= 4 is 17.6 Å². The fraction of sp³-hybridized carbons (Fsp3) is 0.364. The van der Waals surface area contributed by atoms with E-state index in [4.69, 9.17) is 22.4 Å². The minimum atomic E-state index is -0.909. The standard InChI is InChI=1S/C11H14ClNO3/c1-6-4-7(12)5-8(11(6)16)9(13)2-3-10(14)15/h4-5,9,16H,2-3,13H2,1H3,(H,14,15). The Morgan fingerprint density at radius 1 is 1.56 bits per heavy atom. The van der Waals surface area contributed by atoms with E-state index in [0.717, 1.165) is 0 Å². The number of aromatic hydroxyl groups is 1. The van der Waals surface area contributed by atoms with Gasteiger partial charge in [-0.05, 0) is 31.0 Å². The van der Waals surface area contributed by atoms with Crippen LogP contribution >= 0.6 is 11.6 Å². The molecule has 0 aliphatic rings. The number of halogens is 1. The van der Waals surface area contributed by atoms with Crippen LogP contribution in [0.25, 0.3) is 0 Å². The Kier molecular flexibility index (Phi) is 4.15. The van der Waals surface area contributed by atoms with E-state index in [0.29, 0.717) is 16.1 Å². The third-order valence-electron chi connectivity index (χ3n) is 2.36. The maximum absolute atomic E-state index is 10.4. The second kappa shape index (κ2) is 5.18. The van der Waals surface area contributed by atoms with Gasteiger partial charge in [0.05, 0.1) is 0 Å². The Balaban J connectivity index is 2.90. The summed E-state index contributed by atoms with van der Waals surface area (Å²) in [5.41, 5.74) is 6.92. The minimum Gasteiger partial charge on any atom is -0.507 e. The lowest BCUT2D eigenvalue weighted by Gasteiger charge is -2.14. The predicted octanol–water partition coefficient (Wildman–Crippen LogP) is 2.22. The topological polar surface area (TPSA) is 83.6 Å². The number of phenols is 1. The summed E-state index contributed by atoms with van der Waals surface area (Å²) < 4.78 is 0. The second-order valence-corrected chi connectivity index (χ2v) is 4.14. The quantitative estimate of drug-likeness (QED) is 0.757. The number of nitrogens with two attached hydrogens (primary N) is 1. The summed E-state index contributed by atoms with van der Waals surface area (Å²) in [5.74, 6) is -0.823. The van der Waals surface area contributed by atoms with Crippen LogP contribution in [0.15, 0.2) is 12.1 Å². The van der Waals surface area contributed by atoms with E-state index in [1.807, 2.05) is 0 Å². The highest BCUT2D eigenvalue weighted by atomic mass is 35.5. The highest BCUT2D eigenvalue weighted by molar-refractivity contribution is 6.30. The van der Waals surface area contributed by atoms with Crippen molar-refractivity contribution in [1.29, 1.82) is 0 Å². The first kappa shape index (κ1) is 12.8. The van der Waals surface area contributed by atoms with Crippen LogP contribution in [0.3, 0.4) is 0 Å². The van der Waals surface area contributed by atoms with Crippen molar-refractivity contribution in [3.63, 3.8) is 0 Å². The van der Waals surface area contributed by atoms with Crippen molar-refractivity contribution in [1.82, 2.24) is 0 Å². The first-order valence-electron chi connectivity index (χ1n) is 4.88. The monoisotopic (exact) mass is 243 g/mol. The fourth-order valence-corrected chi connectivity index (χ4v) is 1.76. The van der Waals surface area contributed by atoms with Gasteiger partial charge in [-0.25, -0.2) is 0 Å². The molecule has 0 saturated heterocycles. The van der Waals surface area contributed by atoms with Gasteiger partial charge in [0, 0.05) is 23.0 Å². The third-order valence-corrected chi connectivity index (χ3v) is 2.58. The number of rotatable bonds is 4. The summed E-state index contributed by atoms with van der Waals surface area (Å²) in [5, 5.41) is 18.8. The van der Waals surface area contributed by atoms with E-state index in [9.17, 15) is 9.90 Å². The molecule has 1 aromatic rings. The van der Waals surface area contributed by atoms with Crippen LogP contribution in [0.4, 0.5) is 0 Å². The molecule has 1 aromatic carbocycles. The van der Waals surface area contributed by atoms with Crippen LogP contribution in [-0.4, -0.2) is 16.2 Å². The number of carbonyl (C=O) groups is 1. The van der Waals surface area contributed by atoms with Crippen molar-refractivity contribution in [3.05, 3.63) is 28.3 Å². The molecule has 0 aromatic heterocycles. The average molecular weight is 244 g/mol. The number of hydrogen-bond donors (Lipinski definition) is 3. The summed E-state index contributed by atoms with van der Waals surface area (Å²) in [7, 11) is 0. The van der Waals surface area contributed by atoms with E-state index in [1.165, 1.54) is 0 Å². The number of phenolic OH excluding ortho intramolecular Hbond substituents is 1. The van der Waals surface area contributed by atoms with Gasteiger partial charge < -0.3 is 15.9 Å². The molecule has 0 spiro atoms. The molecule has 4 N–H and O–H groups in total. The Bertz CT molecular complexity index is 406. The van der Waals surface area contributed by atoms with Gasteiger partial charge in [-0.1, -0.05) is 11.6 Å². The molecule has 5 heteroatoms. The summed E-state index contributed by atoms with van der Waals surface area (Å²) in [4.78, 5) is 10.4. The van der Waals surface area contributed by atoms with Crippen LogP contribution in [0, 0.1) is 6.92 Å². The van der Waals surface area contributed by atoms with Crippen LogP contribution in [0.1, 0.15) is 30.0 Å².